The van der Waals surface area contributed by atoms with Gasteiger partial charge in [0.1, 0.15) is 5.76 Å². The van der Waals surface area contributed by atoms with Crippen LogP contribution in [0.4, 0.5) is 0 Å². The fraction of sp³-hybridized carbons (Fsp3) is 0.789. The van der Waals surface area contributed by atoms with Crippen molar-refractivity contribution in [2.24, 2.45) is 4.99 Å². The highest BCUT2D eigenvalue weighted by atomic mass is 16.5. The molecule has 1 aromatic rings. The number of hydrogen-bond donors (Lipinski definition) is 1. The van der Waals surface area contributed by atoms with E-state index in [1.54, 1.807) is 0 Å². The van der Waals surface area contributed by atoms with Crippen LogP contribution < -0.4 is 5.32 Å². The number of guanidine groups is 1. The number of nitrogens with zero attached hydrogens (tertiary/aromatic N) is 3. The maximum absolute atomic E-state index is 6.09. The van der Waals surface area contributed by atoms with Crippen LogP contribution >= 0.6 is 0 Å². The molecule has 0 aromatic carbocycles. The zero-order valence-corrected chi connectivity index (χ0v) is 16.3. The summed E-state index contributed by atoms with van der Waals surface area (Å²) < 4.78 is 17.5. The third-order valence-corrected chi connectivity index (χ3v) is 5.22. The average molecular weight is 364 g/mol. The Bertz CT molecular complexity index is 568. The zero-order chi connectivity index (χ0) is 18.4. The summed E-state index contributed by atoms with van der Waals surface area (Å²) in [6.07, 6.45) is 6.24. The highest BCUT2D eigenvalue weighted by Gasteiger charge is 2.24. The third-order valence-electron chi connectivity index (χ3n) is 5.22. The van der Waals surface area contributed by atoms with E-state index in [9.17, 15) is 0 Å². The number of likely N-dealkylation sites (tertiary alicyclic amines) is 1. The molecular formula is C19H32N4O3. The van der Waals surface area contributed by atoms with Crippen LogP contribution in [-0.2, 0) is 16.0 Å². The van der Waals surface area contributed by atoms with Crippen molar-refractivity contribution < 1.29 is 13.9 Å². The van der Waals surface area contributed by atoms with Gasteiger partial charge in [0, 0.05) is 26.7 Å². The van der Waals surface area contributed by atoms with E-state index in [1.807, 2.05) is 20.9 Å². The average Bonchev–Trinajstić information content (AvgIpc) is 3.00. The quantitative estimate of drug-likeness (QED) is 0.639. The van der Waals surface area contributed by atoms with Gasteiger partial charge in [-0.3, -0.25) is 4.99 Å². The van der Waals surface area contributed by atoms with E-state index in [2.05, 4.69) is 20.2 Å². The van der Waals surface area contributed by atoms with Crippen molar-refractivity contribution in [3.8, 4) is 0 Å². The summed E-state index contributed by atoms with van der Waals surface area (Å²) in [7, 11) is 1.82. The Kier molecular flexibility index (Phi) is 6.91. The predicted octanol–water partition coefficient (Wildman–Crippen LogP) is 2.42. The van der Waals surface area contributed by atoms with Crippen molar-refractivity contribution in [2.75, 3.05) is 33.4 Å². The molecule has 2 saturated heterocycles. The molecule has 3 rings (SSSR count). The molecule has 0 radical (unpaired) electrons. The van der Waals surface area contributed by atoms with Crippen LogP contribution in [0.2, 0.25) is 0 Å². The number of piperidine rings is 1. The van der Waals surface area contributed by atoms with Gasteiger partial charge in [0.15, 0.2) is 5.96 Å². The molecule has 7 nitrogen and oxygen atoms in total. The number of aliphatic imine (C=N–C) groups is 1. The molecule has 2 aliphatic rings. The van der Waals surface area contributed by atoms with Crippen LogP contribution in [0.5, 0.6) is 0 Å². The topological polar surface area (TPSA) is 72.1 Å². The number of ether oxygens (including phenoxy) is 2. The standard InChI is InChI=1S/C19H32N4O3/c1-14-15(2)26-18(22-14)12-21-19(20-3)23-9-7-16(8-10-23)25-13-17-6-4-5-11-24-17/h16-17H,4-13H2,1-3H3,(H,20,21). The Labute approximate surface area is 156 Å². The van der Waals surface area contributed by atoms with Gasteiger partial charge in [-0.15, -0.1) is 0 Å². The van der Waals surface area contributed by atoms with Crippen LogP contribution in [0.25, 0.3) is 0 Å². The van der Waals surface area contributed by atoms with Gasteiger partial charge in [0.25, 0.3) is 0 Å². The summed E-state index contributed by atoms with van der Waals surface area (Å²) >= 11 is 0. The molecule has 0 amide bonds. The van der Waals surface area contributed by atoms with Crippen LogP contribution in [0.15, 0.2) is 9.41 Å². The van der Waals surface area contributed by atoms with Crippen molar-refractivity contribution in [1.29, 1.82) is 0 Å². The minimum absolute atomic E-state index is 0.295. The molecule has 3 heterocycles. The van der Waals surface area contributed by atoms with Crippen molar-refractivity contribution in [3.63, 3.8) is 0 Å². The summed E-state index contributed by atoms with van der Waals surface area (Å²) in [6, 6.07) is 0. The highest BCUT2D eigenvalue weighted by Crippen LogP contribution is 2.18. The molecule has 1 unspecified atom stereocenters. The van der Waals surface area contributed by atoms with Gasteiger partial charge in [-0.1, -0.05) is 0 Å². The van der Waals surface area contributed by atoms with Crippen LogP contribution in [0.3, 0.4) is 0 Å². The number of aryl methyl sites for hydroxylation is 2. The van der Waals surface area contributed by atoms with E-state index in [0.29, 0.717) is 24.6 Å². The zero-order valence-electron chi connectivity index (χ0n) is 16.3. The lowest BCUT2D eigenvalue weighted by atomic mass is 10.1. The van der Waals surface area contributed by atoms with Gasteiger partial charge in [-0.05, 0) is 46.0 Å². The molecule has 0 spiro atoms. The number of rotatable bonds is 5. The number of nitrogens with one attached hydrogen (secondary N) is 1. The molecule has 0 aliphatic carbocycles. The van der Waals surface area contributed by atoms with E-state index < -0.39 is 0 Å². The Morgan fingerprint density at radius 3 is 2.69 bits per heavy atom. The maximum Gasteiger partial charge on any atom is 0.214 e. The summed E-state index contributed by atoms with van der Waals surface area (Å²) in [5.41, 5.74) is 0.941. The first-order valence-corrected chi connectivity index (χ1v) is 9.77. The molecule has 0 bridgehead atoms. The Morgan fingerprint density at radius 2 is 2.08 bits per heavy atom. The molecule has 1 aromatic heterocycles. The predicted molar refractivity (Wildman–Crippen MR) is 100 cm³/mol. The highest BCUT2D eigenvalue weighted by molar-refractivity contribution is 5.79. The summed E-state index contributed by atoms with van der Waals surface area (Å²) in [5.74, 6) is 2.47. The first-order chi connectivity index (χ1) is 12.7. The van der Waals surface area contributed by atoms with E-state index >= 15 is 0 Å². The lowest BCUT2D eigenvalue weighted by Gasteiger charge is -2.34. The summed E-state index contributed by atoms with van der Waals surface area (Å²) in [4.78, 5) is 11.1. The van der Waals surface area contributed by atoms with Crippen LogP contribution in [-0.4, -0.2) is 61.4 Å². The minimum Gasteiger partial charge on any atom is -0.444 e. The number of hydrogen-bond acceptors (Lipinski definition) is 5. The molecule has 2 fully saturated rings. The Balaban J connectivity index is 1.39. The molecule has 0 saturated carbocycles. The van der Waals surface area contributed by atoms with E-state index in [-0.39, 0.29) is 0 Å². The lowest BCUT2D eigenvalue weighted by Crippen LogP contribution is -2.47. The Morgan fingerprint density at radius 1 is 1.27 bits per heavy atom. The first kappa shape index (κ1) is 19.2. The largest absolute Gasteiger partial charge is 0.444 e. The fourth-order valence-electron chi connectivity index (χ4n) is 3.52. The Hall–Kier alpha value is -1.60. The molecular weight excluding hydrogens is 332 g/mol. The van der Waals surface area contributed by atoms with E-state index in [4.69, 9.17) is 13.9 Å². The van der Waals surface area contributed by atoms with Crippen LogP contribution in [0, 0.1) is 13.8 Å². The second kappa shape index (κ2) is 9.37. The second-order valence-corrected chi connectivity index (χ2v) is 7.16. The minimum atomic E-state index is 0.295. The van der Waals surface area contributed by atoms with Crippen molar-refractivity contribution in [1.82, 2.24) is 15.2 Å². The maximum atomic E-state index is 6.09. The van der Waals surface area contributed by atoms with Crippen molar-refractivity contribution >= 4 is 5.96 Å². The van der Waals surface area contributed by atoms with Crippen LogP contribution in [0.1, 0.15) is 49.4 Å². The molecule has 2 aliphatic heterocycles. The molecule has 7 heteroatoms. The fourth-order valence-corrected chi connectivity index (χ4v) is 3.52. The summed E-state index contributed by atoms with van der Waals surface area (Å²) in [6.45, 7) is 7.96. The monoisotopic (exact) mass is 364 g/mol. The number of aromatic nitrogens is 1. The normalized spacial score (nSPS) is 22.7. The number of oxazole rings is 1. The molecule has 1 atom stereocenters. The molecule has 1 N–H and O–H groups in total. The van der Waals surface area contributed by atoms with Crippen molar-refractivity contribution in [2.45, 2.75) is 64.7 Å². The van der Waals surface area contributed by atoms with Gasteiger partial charge in [0.2, 0.25) is 5.89 Å². The van der Waals surface area contributed by atoms with Gasteiger partial charge >= 0.3 is 0 Å². The van der Waals surface area contributed by atoms with Gasteiger partial charge in [0.05, 0.1) is 31.1 Å². The third kappa shape index (κ3) is 5.20. The van der Waals surface area contributed by atoms with E-state index in [1.165, 1.54) is 12.8 Å². The van der Waals surface area contributed by atoms with Gasteiger partial charge < -0.3 is 24.1 Å². The van der Waals surface area contributed by atoms with Gasteiger partial charge in [-0.2, -0.15) is 0 Å². The second-order valence-electron chi connectivity index (χ2n) is 7.16. The SMILES string of the molecule is CN=C(NCc1nc(C)c(C)o1)N1CCC(OCC2CCCCO2)CC1. The smallest absolute Gasteiger partial charge is 0.214 e. The molecule has 26 heavy (non-hydrogen) atoms. The summed E-state index contributed by atoms with van der Waals surface area (Å²) in [5, 5.41) is 3.35. The van der Waals surface area contributed by atoms with E-state index in [0.717, 1.165) is 63.0 Å². The lowest BCUT2D eigenvalue weighted by molar-refractivity contribution is -0.0721. The first-order valence-electron chi connectivity index (χ1n) is 9.77. The van der Waals surface area contributed by atoms with Crippen molar-refractivity contribution in [3.05, 3.63) is 17.3 Å². The molecule has 146 valence electrons. The van der Waals surface area contributed by atoms with Gasteiger partial charge in [-0.25, -0.2) is 4.98 Å².